The van der Waals surface area contributed by atoms with Crippen LogP contribution in [-0.2, 0) is 27.9 Å². The third-order valence-corrected chi connectivity index (χ3v) is 7.62. The van der Waals surface area contributed by atoms with Crippen LogP contribution in [0.2, 0.25) is 0 Å². The van der Waals surface area contributed by atoms with E-state index >= 15 is 0 Å². The zero-order chi connectivity index (χ0) is 20.6. The van der Waals surface area contributed by atoms with Crippen molar-refractivity contribution in [1.82, 2.24) is 14.6 Å². The number of nitrogens with zero attached hydrogens (tertiary/aromatic N) is 1. The number of aromatic nitrogens is 1. The molecule has 0 unspecified atom stereocenters. The number of rotatable bonds is 7. The largest absolute Gasteiger partial charge is 0.350 e. The van der Waals surface area contributed by atoms with Gasteiger partial charge in [0.15, 0.2) is 0 Å². The predicted octanol–water partition coefficient (Wildman–Crippen LogP) is 3.47. The Labute approximate surface area is 178 Å². The van der Waals surface area contributed by atoms with Gasteiger partial charge in [-0.1, -0.05) is 30.3 Å². The van der Waals surface area contributed by atoms with Crippen molar-refractivity contribution in [2.75, 3.05) is 0 Å². The highest BCUT2D eigenvalue weighted by atomic mass is 79.9. The average Bonchev–Trinajstić information content (AvgIpc) is 3.49. The molecule has 6 nitrogen and oxygen atoms in total. The number of carbonyl (C=O) groups excluding carboxylic acids is 1. The van der Waals surface area contributed by atoms with Gasteiger partial charge in [-0.2, -0.15) is 0 Å². The Morgan fingerprint density at radius 1 is 1.14 bits per heavy atom. The monoisotopic (exact) mass is 475 g/mol. The first-order chi connectivity index (χ1) is 13.8. The van der Waals surface area contributed by atoms with E-state index in [1.165, 1.54) is 0 Å². The van der Waals surface area contributed by atoms with Crippen molar-refractivity contribution in [1.29, 1.82) is 0 Å². The minimum absolute atomic E-state index is 0.0761. The van der Waals surface area contributed by atoms with Crippen LogP contribution >= 0.6 is 15.9 Å². The number of nitrogens with one attached hydrogen (secondary N) is 2. The first-order valence-corrected chi connectivity index (χ1v) is 11.7. The summed E-state index contributed by atoms with van der Waals surface area (Å²) in [5.74, 6) is -0.103. The number of amides is 1. The Morgan fingerprint density at radius 2 is 1.83 bits per heavy atom. The molecule has 2 aromatic carbocycles. The van der Waals surface area contributed by atoms with E-state index in [2.05, 4.69) is 26.0 Å². The number of para-hydroxylation sites is 1. The second-order valence-electron chi connectivity index (χ2n) is 7.32. The van der Waals surface area contributed by atoms with Crippen LogP contribution in [0.5, 0.6) is 0 Å². The molecule has 0 bridgehead atoms. The molecule has 0 radical (unpaired) electrons. The molecule has 1 saturated carbocycles. The highest BCUT2D eigenvalue weighted by Crippen LogP contribution is 2.30. The van der Waals surface area contributed by atoms with E-state index in [0.717, 1.165) is 39.5 Å². The fourth-order valence-corrected chi connectivity index (χ4v) is 5.12. The molecule has 2 N–H and O–H groups in total. The molecule has 8 heteroatoms. The van der Waals surface area contributed by atoms with Crippen LogP contribution in [-0.4, -0.2) is 24.9 Å². The molecule has 1 aromatic heterocycles. The lowest BCUT2D eigenvalue weighted by molar-refractivity contribution is -0.121. The van der Waals surface area contributed by atoms with Gasteiger partial charge in [-0.15, -0.1) is 0 Å². The van der Waals surface area contributed by atoms with Crippen LogP contribution in [0.1, 0.15) is 24.1 Å². The lowest BCUT2D eigenvalue weighted by Gasteiger charge is -2.10. The lowest BCUT2D eigenvalue weighted by Crippen LogP contribution is -2.27. The second-order valence-corrected chi connectivity index (χ2v) is 9.83. The second kappa shape index (κ2) is 7.93. The molecule has 1 aliphatic carbocycles. The first-order valence-electron chi connectivity index (χ1n) is 9.46. The van der Waals surface area contributed by atoms with Crippen LogP contribution in [0.4, 0.5) is 0 Å². The third-order valence-electron chi connectivity index (χ3n) is 5.08. The summed E-state index contributed by atoms with van der Waals surface area (Å²) < 4.78 is 30.1. The SMILES string of the molecule is Cc1c(Br)c2ccccc2n1CC(=O)NCc1ccc(S(=O)(=O)NC2CC2)cc1. The summed E-state index contributed by atoms with van der Waals surface area (Å²) in [7, 11) is -3.45. The van der Waals surface area contributed by atoms with E-state index in [-0.39, 0.29) is 23.4 Å². The molecular formula is C21H22BrN3O3S. The molecule has 3 aromatic rings. The normalized spacial score (nSPS) is 14.3. The Hall–Kier alpha value is -2.16. The van der Waals surface area contributed by atoms with Crippen LogP contribution in [0.15, 0.2) is 57.9 Å². The predicted molar refractivity (Wildman–Crippen MR) is 116 cm³/mol. The van der Waals surface area contributed by atoms with Gasteiger partial charge in [-0.3, -0.25) is 4.79 Å². The number of sulfonamides is 1. The number of benzene rings is 2. The van der Waals surface area contributed by atoms with Gasteiger partial charge >= 0.3 is 0 Å². The van der Waals surface area contributed by atoms with Crippen LogP contribution < -0.4 is 10.0 Å². The van der Waals surface area contributed by atoms with Gasteiger partial charge in [0.05, 0.1) is 4.90 Å². The topological polar surface area (TPSA) is 80.2 Å². The zero-order valence-electron chi connectivity index (χ0n) is 16.0. The summed E-state index contributed by atoms with van der Waals surface area (Å²) in [6.45, 7) is 2.54. The first kappa shape index (κ1) is 20.1. The Balaban J connectivity index is 1.39. The number of fused-ring (bicyclic) bond motifs is 1. The zero-order valence-corrected chi connectivity index (χ0v) is 18.4. The van der Waals surface area contributed by atoms with Gasteiger partial charge < -0.3 is 9.88 Å². The van der Waals surface area contributed by atoms with Crippen molar-refractivity contribution in [3.8, 4) is 0 Å². The number of hydrogen-bond acceptors (Lipinski definition) is 3. The number of halogens is 1. The molecular weight excluding hydrogens is 454 g/mol. The fraction of sp³-hybridized carbons (Fsp3) is 0.286. The van der Waals surface area contributed by atoms with Gasteiger partial charge in [-0.25, -0.2) is 13.1 Å². The van der Waals surface area contributed by atoms with Gasteiger partial charge in [0.1, 0.15) is 6.54 Å². The van der Waals surface area contributed by atoms with E-state index < -0.39 is 10.0 Å². The molecule has 0 spiro atoms. The smallest absolute Gasteiger partial charge is 0.240 e. The summed E-state index contributed by atoms with van der Waals surface area (Å²) >= 11 is 3.60. The van der Waals surface area contributed by atoms with E-state index in [1.807, 2.05) is 35.8 Å². The summed E-state index contributed by atoms with van der Waals surface area (Å²) in [6.07, 6.45) is 1.80. The summed E-state index contributed by atoms with van der Waals surface area (Å²) in [5.41, 5.74) is 2.85. The molecule has 1 fully saturated rings. The molecule has 0 atom stereocenters. The van der Waals surface area contributed by atoms with E-state index in [0.29, 0.717) is 6.54 Å². The van der Waals surface area contributed by atoms with Gasteiger partial charge in [0.2, 0.25) is 15.9 Å². The summed E-state index contributed by atoms with van der Waals surface area (Å²) in [4.78, 5) is 12.7. The quantitative estimate of drug-likeness (QED) is 0.548. The van der Waals surface area contributed by atoms with Crippen LogP contribution in [0.25, 0.3) is 10.9 Å². The lowest BCUT2D eigenvalue weighted by atomic mass is 10.2. The minimum Gasteiger partial charge on any atom is -0.350 e. The molecule has 1 aliphatic rings. The molecule has 0 aliphatic heterocycles. The van der Waals surface area contributed by atoms with E-state index in [1.54, 1.807) is 24.3 Å². The van der Waals surface area contributed by atoms with Crippen molar-refractivity contribution in [2.45, 2.75) is 43.8 Å². The maximum atomic E-state index is 12.5. The molecule has 29 heavy (non-hydrogen) atoms. The van der Waals surface area contributed by atoms with Crippen molar-refractivity contribution in [3.05, 3.63) is 64.3 Å². The van der Waals surface area contributed by atoms with Gasteiger partial charge in [-0.05, 0) is 59.5 Å². The van der Waals surface area contributed by atoms with E-state index in [4.69, 9.17) is 0 Å². The van der Waals surface area contributed by atoms with E-state index in [9.17, 15) is 13.2 Å². The standard InChI is InChI=1S/C21H22BrN3O3S/c1-14-21(22)18-4-2-3-5-19(18)25(14)13-20(26)23-12-15-6-10-17(11-7-15)29(27,28)24-16-8-9-16/h2-7,10-11,16,24H,8-9,12-13H2,1H3,(H,23,26). The maximum absolute atomic E-state index is 12.5. The number of carbonyl (C=O) groups is 1. The number of hydrogen-bond donors (Lipinski definition) is 2. The highest BCUT2D eigenvalue weighted by Gasteiger charge is 2.27. The molecule has 1 heterocycles. The van der Waals surface area contributed by atoms with Crippen molar-refractivity contribution >= 4 is 42.8 Å². The maximum Gasteiger partial charge on any atom is 0.240 e. The summed E-state index contributed by atoms with van der Waals surface area (Å²) in [5, 5.41) is 3.99. The van der Waals surface area contributed by atoms with Crippen molar-refractivity contribution < 1.29 is 13.2 Å². The van der Waals surface area contributed by atoms with Crippen LogP contribution in [0.3, 0.4) is 0 Å². The summed E-state index contributed by atoms with van der Waals surface area (Å²) in [6, 6.07) is 14.6. The molecule has 1 amide bonds. The molecule has 152 valence electrons. The fourth-order valence-electron chi connectivity index (χ4n) is 3.27. The van der Waals surface area contributed by atoms with Crippen LogP contribution in [0, 0.1) is 6.92 Å². The Morgan fingerprint density at radius 3 is 2.52 bits per heavy atom. The molecule has 0 saturated heterocycles. The van der Waals surface area contributed by atoms with Gasteiger partial charge in [0.25, 0.3) is 0 Å². The minimum atomic E-state index is -3.45. The Bertz CT molecular complexity index is 1170. The van der Waals surface area contributed by atoms with Gasteiger partial charge in [0, 0.05) is 33.7 Å². The average molecular weight is 476 g/mol. The molecule has 4 rings (SSSR count). The van der Waals surface area contributed by atoms with Crippen molar-refractivity contribution in [2.24, 2.45) is 0 Å². The Kier molecular flexibility index (Phi) is 5.50. The highest BCUT2D eigenvalue weighted by molar-refractivity contribution is 9.10. The van der Waals surface area contributed by atoms with Crippen molar-refractivity contribution in [3.63, 3.8) is 0 Å². The third kappa shape index (κ3) is 4.39.